The first-order valence-electron chi connectivity index (χ1n) is 11.6. The number of carbonyl (C=O) groups excluding carboxylic acids is 1. The first kappa shape index (κ1) is 26.3. The number of hydrogen-bond acceptors (Lipinski definition) is 4. The van der Waals surface area contributed by atoms with E-state index in [1.807, 2.05) is 79.1 Å². The van der Waals surface area contributed by atoms with Crippen LogP contribution in [0, 0.1) is 13.8 Å². The Hall–Kier alpha value is -3.72. The highest BCUT2D eigenvalue weighted by atomic mass is 35.5. The van der Waals surface area contributed by atoms with Crippen LogP contribution in [-0.4, -0.2) is 36.0 Å². The van der Waals surface area contributed by atoms with Gasteiger partial charge in [0.1, 0.15) is 0 Å². The van der Waals surface area contributed by atoms with Crippen LogP contribution in [0.3, 0.4) is 0 Å². The fourth-order valence-corrected chi connectivity index (χ4v) is 5.64. The Morgan fingerprint density at radius 1 is 0.973 bits per heavy atom. The molecule has 1 N–H and O–H groups in total. The van der Waals surface area contributed by atoms with Crippen molar-refractivity contribution in [3.05, 3.63) is 119 Å². The summed E-state index contributed by atoms with van der Waals surface area (Å²) in [6.07, 6.45) is 1.55. The molecule has 0 saturated carbocycles. The zero-order valence-electron chi connectivity index (χ0n) is 20.5. The van der Waals surface area contributed by atoms with Crippen molar-refractivity contribution in [2.75, 3.05) is 6.54 Å². The lowest BCUT2D eigenvalue weighted by Crippen LogP contribution is -2.39. The van der Waals surface area contributed by atoms with Crippen molar-refractivity contribution >= 4 is 33.7 Å². The molecular formula is C28H27ClN4O3S. The van der Waals surface area contributed by atoms with Gasteiger partial charge in [0.15, 0.2) is 0 Å². The van der Waals surface area contributed by atoms with E-state index in [1.54, 1.807) is 24.4 Å². The third-order valence-corrected chi connectivity index (χ3v) is 7.87. The number of hydrazone groups is 1. The Bertz CT molecular complexity index is 1520. The molecule has 0 unspecified atom stereocenters. The predicted molar refractivity (Wildman–Crippen MR) is 146 cm³/mol. The molecule has 1 amide bonds. The van der Waals surface area contributed by atoms with Crippen molar-refractivity contribution in [2.24, 2.45) is 5.10 Å². The molecular weight excluding hydrogens is 508 g/mol. The summed E-state index contributed by atoms with van der Waals surface area (Å²) in [7, 11) is -3.91. The van der Waals surface area contributed by atoms with Gasteiger partial charge in [0, 0.05) is 34.2 Å². The van der Waals surface area contributed by atoms with Gasteiger partial charge in [-0.25, -0.2) is 13.8 Å². The lowest BCUT2D eigenvalue weighted by Gasteiger charge is -2.21. The molecule has 0 bridgehead atoms. The van der Waals surface area contributed by atoms with Crippen LogP contribution in [0.1, 0.15) is 22.5 Å². The van der Waals surface area contributed by atoms with Gasteiger partial charge in [-0.1, -0.05) is 66.2 Å². The number of sulfonamides is 1. The Morgan fingerprint density at radius 2 is 1.65 bits per heavy atom. The molecule has 0 fully saturated rings. The second-order valence-corrected chi connectivity index (χ2v) is 10.9. The first-order chi connectivity index (χ1) is 17.8. The molecule has 0 aliphatic carbocycles. The zero-order valence-corrected chi connectivity index (χ0v) is 22.1. The molecule has 0 aliphatic heterocycles. The van der Waals surface area contributed by atoms with Crippen molar-refractivity contribution < 1.29 is 13.2 Å². The van der Waals surface area contributed by atoms with Crippen molar-refractivity contribution in [3.8, 4) is 5.69 Å². The van der Waals surface area contributed by atoms with E-state index in [2.05, 4.69) is 10.5 Å². The van der Waals surface area contributed by atoms with Gasteiger partial charge in [0.05, 0.1) is 17.7 Å². The van der Waals surface area contributed by atoms with Gasteiger partial charge in [-0.15, -0.1) is 0 Å². The van der Waals surface area contributed by atoms with Crippen LogP contribution in [0.25, 0.3) is 5.69 Å². The maximum absolute atomic E-state index is 13.3. The van der Waals surface area contributed by atoms with Gasteiger partial charge in [-0.2, -0.15) is 9.41 Å². The molecule has 9 heteroatoms. The van der Waals surface area contributed by atoms with Crippen molar-refractivity contribution in [1.82, 2.24) is 14.3 Å². The fourth-order valence-electron chi connectivity index (χ4n) is 4.05. The lowest BCUT2D eigenvalue weighted by molar-refractivity contribution is -0.121. The number of aromatic nitrogens is 1. The summed E-state index contributed by atoms with van der Waals surface area (Å²) >= 11 is 6.15. The van der Waals surface area contributed by atoms with Gasteiger partial charge < -0.3 is 4.57 Å². The van der Waals surface area contributed by atoms with E-state index < -0.39 is 15.9 Å². The Balaban J connectivity index is 1.50. The second-order valence-electron chi connectivity index (χ2n) is 8.51. The molecule has 37 heavy (non-hydrogen) atoms. The van der Waals surface area contributed by atoms with E-state index in [4.69, 9.17) is 11.6 Å². The zero-order chi connectivity index (χ0) is 26.4. The summed E-state index contributed by atoms with van der Waals surface area (Å²) in [5.41, 5.74) is 6.89. The van der Waals surface area contributed by atoms with Gasteiger partial charge in [-0.3, -0.25) is 4.79 Å². The van der Waals surface area contributed by atoms with Crippen LogP contribution in [0.15, 0.2) is 101 Å². The van der Waals surface area contributed by atoms with E-state index in [9.17, 15) is 13.2 Å². The summed E-state index contributed by atoms with van der Waals surface area (Å²) in [4.78, 5) is 12.9. The fraction of sp³-hybridized carbons (Fsp3) is 0.143. The summed E-state index contributed by atoms with van der Waals surface area (Å²) in [6, 6.07) is 26.7. The number of amides is 1. The van der Waals surface area contributed by atoms with Gasteiger partial charge >= 0.3 is 0 Å². The summed E-state index contributed by atoms with van der Waals surface area (Å²) in [5.74, 6) is -0.546. The number of halogens is 1. The van der Waals surface area contributed by atoms with E-state index in [1.165, 1.54) is 12.1 Å². The highest BCUT2D eigenvalue weighted by Gasteiger charge is 2.26. The number of carbonyl (C=O) groups is 1. The minimum atomic E-state index is -3.91. The monoisotopic (exact) mass is 534 g/mol. The molecule has 1 aromatic heterocycles. The molecule has 0 spiro atoms. The van der Waals surface area contributed by atoms with Crippen LogP contribution < -0.4 is 5.43 Å². The summed E-state index contributed by atoms with van der Waals surface area (Å²) < 4.78 is 29.8. The minimum Gasteiger partial charge on any atom is -0.318 e. The molecule has 3 aromatic carbocycles. The van der Waals surface area contributed by atoms with Crippen molar-refractivity contribution in [2.45, 2.75) is 25.3 Å². The van der Waals surface area contributed by atoms with Gasteiger partial charge in [0.25, 0.3) is 5.91 Å². The SMILES string of the molecule is Cc1cc(/C=N/NC(=O)CN(Cc2ccccc2)S(=O)(=O)c2ccccc2)c(C)n1-c1cccc(Cl)c1. The molecule has 1 heterocycles. The first-order valence-corrected chi connectivity index (χ1v) is 13.4. The minimum absolute atomic E-state index is 0.0516. The van der Waals surface area contributed by atoms with Crippen LogP contribution in [0.5, 0.6) is 0 Å². The Kier molecular flexibility index (Phi) is 8.23. The quantitative estimate of drug-likeness (QED) is 0.240. The van der Waals surface area contributed by atoms with Gasteiger partial charge in [-0.05, 0) is 55.8 Å². The normalized spacial score (nSPS) is 11.8. The Morgan fingerprint density at radius 3 is 2.32 bits per heavy atom. The average Bonchev–Trinajstić information content (AvgIpc) is 3.17. The number of nitrogens with zero attached hydrogens (tertiary/aromatic N) is 3. The molecule has 0 aliphatic rings. The van der Waals surface area contributed by atoms with Crippen LogP contribution in [-0.2, 0) is 21.4 Å². The molecule has 190 valence electrons. The van der Waals surface area contributed by atoms with Gasteiger partial charge in [0.2, 0.25) is 10.0 Å². The molecule has 0 saturated heterocycles. The predicted octanol–water partition coefficient (Wildman–Crippen LogP) is 5.09. The van der Waals surface area contributed by atoms with E-state index in [0.717, 1.165) is 32.5 Å². The third kappa shape index (κ3) is 6.35. The van der Waals surface area contributed by atoms with E-state index in [-0.39, 0.29) is 18.0 Å². The number of benzene rings is 3. The maximum atomic E-state index is 13.3. The highest BCUT2D eigenvalue weighted by Crippen LogP contribution is 2.22. The smallest absolute Gasteiger partial charge is 0.255 e. The van der Waals surface area contributed by atoms with Crippen LogP contribution in [0.4, 0.5) is 0 Å². The van der Waals surface area contributed by atoms with Crippen molar-refractivity contribution in [3.63, 3.8) is 0 Å². The maximum Gasteiger partial charge on any atom is 0.255 e. The molecule has 0 radical (unpaired) electrons. The molecule has 4 rings (SSSR count). The standard InChI is InChI=1S/C28H27ClN4O3S/c1-21-16-24(22(2)33(21)26-13-9-12-25(29)17-26)18-30-31-28(34)20-32(19-23-10-5-3-6-11-23)37(35,36)27-14-7-4-8-15-27/h3-18H,19-20H2,1-2H3,(H,31,34)/b30-18+. The van der Waals surface area contributed by atoms with Crippen LogP contribution in [0.2, 0.25) is 5.02 Å². The Labute approximate surface area is 222 Å². The summed E-state index contributed by atoms with van der Waals surface area (Å²) in [5, 5.41) is 4.73. The average molecular weight is 535 g/mol. The number of aryl methyl sites for hydroxylation is 1. The topological polar surface area (TPSA) is 83.8 Å². The van der Waals surface area contributed by atoms with Crippen molar-refractivity contribution in [1.29, 1.82) is 0 Å². The molecule has 0 atom stereocenters. The highest BCUT2D eigenvalue weighted by molar-refractivity contribution is 7.89. The lowest BCUT2D eigenvalue weighted by atomic mass is 10.2. The molecule has 7 nitrogen and oxygen atoms in total. The number of rotatable bonds is 9. The summed E-state index contributed by atoms with van der Waals surface area (Å²) in [6.45, 7) is 3.59. The molecule has 4 aromatic rings. The van der Waals surface area contributed by atoms with E-state index >= 15 is 0 Å². The number of nitrogens with one attached hydrogen (secondary N) is 1. The third-order valence-electron chi connectivity index (χ3n) is 5.83. The second kappa shape index (κ2) is 11.6. The number of hydrogen-bond donors (Lipinski definition) is 1. The largest absolute Gasteiger partial charge is 0.318 e. The van der Waals surface area contributed by atoms with E-state index in [0.29, 0.717) is 5.02 Å². The van der Waals surface area contributed by atoms with Crippen LogP contribution >= 0.6 is 11.6 Å².